The molecule has 6 aromatic rings. The summed E-state index contributed by atoms with van der Waals surface area (Å²) in [6, 6.07) is 18.4. The fourth-order valence-electron chi connectivity index (χ4n) is 3.68. The van der Waals surface area contributed by atoms with Gasteiger partial charge in [-0.05, 0) is 48.5 Å². The Hall–Kier alpha value is -4.83. The SMILES string of the molecule is CC(=O)Nc1ccc2nnc(-c3ccccn3)n2c1.CC(=O)Nc1ccc2nnc(-c3ccccn3)n2c1.CCC.[Pt]. The molecule has 0 saturated carbocycles. The number of hydrogen-bond donors (Lipinski definition) is 2. The van der Waals surface area contributed by atoms with Crippen molar-refractivity contribution in [3.05, 3.63) is 85.5 Å². The molecule has 0 radical (unpaired) electrons. The van der Waals surface area contributed by atoms with Gasteiger partial charge in [-0.25, -0.2) is 0 Å². The predicted octanol–water partition coefficient (Wildman–Crippen LogP) is 4.91. The fourth-order valence-corrected chi connectivity index (χ4v) is 3.68. The minimum Gasteiger partial charge on any atom is -0.325 e. The molecule has 13 heteroatoms. The van der Waals surface area contributed by atoms with Crippen LogP contribution in [0.15, 0.2) is 85.5 Å². The molecule has 0 unspecified atom stereocenters. The van der Waals surface area contributed by atoms with Crippen molar-refractivity contribution in [3.8, 4) is 23.0 Å². The molecule has 0 aliphatic heterocycles. The Morgan fingerprint density at radius 3 is 1.38 bits per heavy atom. The summed E-state index contributed by atoms with van der Waals surface area (Å²) < 4.78 is 3.60. The van der Waals surface area contributed by atoms with Crippen molar-refractivity contribution < 1.29 is 30.7 Å². The predicted molar refractivity (Wildman–Crippen MR) is 157 cm³/mol. The number of pyridine rings is 4. The number of hydrogen-bond acceptors (Lipinski definition) is 8. The third-order valence-electron chi connectivity index (χ3n) is 5.23. The molecule has 218 valence electrons. The largest absolute Gasteiger partial charge is 0.325 e. The van der Waals surface area contributed by atoms with Crippen LogP contribution in [0.1, 0.15) is 34.1 Å². The van der Waals surface area contributed by atoms with Gasteiger partial charge in [-0.1, -0.05) is 32.4 Å². The second kappa shape index (κ2) is 15.2. The first-order valence-electron chi connectivity index (χ1n) is 13.0. The van der Waals surface area contributed by atoms with Gasteiger partial charge in [0.25, 0.3) is 0 Å². The van der Waals surface area contributed by atoms with Crippen LogP contribution in [-0.4, -0.2) is 51.0 Å². The van der Waals surface area contributed by atoms with Crippen LogP contribution < -0.4 is 10.6 Å². The smallest absolute Gasteiger partial charge is 0.221 e. The van der Waals surface area contributed by atoms with E-state index in [4.69, 9.17) is 0 Å². The average Bonchev–Trinajstić information content (AvgIpc) is 3.58. The van der Waals surface area contributed by atoms with Crippen LogP contribution in [0.3, 0.4) is 0 Å². The summed E-state index contributed by atoms with van der Waals surface area (Å²) >= 11 is 0. The van der Waals surface area contributed by atoms with E-state index in [2.05, 4.69) is 54.8 Å². The van der Waals surface area contributed by atoms with E-state index < -0.39 is 0 Å². The van der Waals surface area contributed by atoms with Crippen molar-refractivity contribution in [1.82, 2.24) is 39.2 Å². The zero-order valence-corrected chi connectivity index (χ0v) is 25.8. The number of amides is 2. The Bertz CT molecular complexity index is 1630. The molecule has 42 heavy (non-hydrogen) atoms. The Balaban J connectivity index is 0.000000207. The molecule has 6 aromatic heterocycles. The number of anilines is 2. The van der Waals surface area contributed by atoms with E-state index in [1.807, 2.05) is 36.4 Å². The molecule has 0 bridgehead atoms. The van der Waals surface area contributed by atoms with Gasteiger partial charge in [-0.2, -0.15) is 0 Å². The van der Waals surface area contributed by atoms with Crippen LogP contribution in [-0.2, 0) is 30.7 Å². The van der Waals surface area contributed by atoms with Gasteiger partial charge in [0.1, 0.15) is 11.4 Å². The zero-order chi connectivity index (χ0) is 29.2. The topological polar surface area (TPSA) is 144 Å². The van der Waals surface area contributed by atoms with Gasteiger partial charge >= 0.3 is 0 Å². The summed E-state index contributed by atoms with van der Waals surface area (Å²) in [7, 11) is 0. The normalized spacial score (nSPS) is 10.0. The molecule has 12 nitrogen and oxygen atoms in total. The zero-order valence-electron chi connectivity index (χ0n) is 23.5. The van der Waals surface area contributed by atoms with Gasteiger partial charge in [-0.3, -0.25) is 28.4 Å². The van der Waals surface area contributed by atoms with Gasteiger partial charge < -0.3 is 10.6 Å². The van der Waals surface area contributed by atoms with Crippen molar-refractivity contribution in [2.24, 2.45) is 0 Å². The Labute approximate surface area is 256 Å². The number of carbonyl (C=O) groups excluding carboxylic acids is 2. The first-order valence-corrected chi connectivity index (χ1v) is 13.0. The van der Waals surface area contributed by atoms with Gasteiger partial charge in [-0.15, -0.1) is 20.4 Å². The van der Waals surface area contributed by atoms with Gasteiger partial charge in [0, 0.05) is 59.7 Å². The number of rotatable bonds is 4. The molecule has 0 fully saturated rings. The Kier molecular flexibility index (Phi) is 11.5. The number of nitrogens with one attached hydrogen (secondary N) is 2. The third kappa shape index (κ3) is 8.11. The molecule has 0 saturated heterocycles. The Morgan fingerprint density at radius 1 is 0.643 bits per heavy atom. The summed E-state index contributed by atoms with van der Waals surface area (Å²) in [5, 5.41) is 21.9. The summed E-state index contributed by atoms with van der Waals surface area (Å²) in [4.78, 5) is 30.7. The van der Waals surface area contributed by atoms with Crippen molar-refractivity contribution in [2.45, 2.75) is 34.1 Å². The minimum atomic E-state index is -0.119. The first-order chi connectivity index (χ1) is 19.9. The first kappa shape index (κ1) is 31.7. The van der Waals surface area contributed by atoms with E-state index in [9.17, 15) is 9.59 Å². The van der Waals surface area contributed by atoms with Gasteiger partial charge in [0.05, 0.1) is 11.4 Å². The standard InChI is InChI=1S/2C13H11N5O.C3H8.Pt/c2*1-9(19)15-10-5-6-12-16-17-13(18(12)8-10)11-4-2-3-7-14-11;1-3-2;/h2*2-8H,1H3,(H,15,19);3H2,1-2H3;. The average molecular weight is 746 g/mol. The van der Waals surface area contributed by atoms with Gasteiger partial charge in [0.2, 0.25) is 11.8 Å². The summed E-state index contributed by atoms with van der Waals surface area (Å²) in [6.07, 6.45) is 8.21. The van der Waals surface area contributed by atoms with Crippen LogP contribution in [0.25, 0.3) is 34.3 Å². The molecule has 0 aliphatic carbocycles. The molecule has 0 aromatic carbocycles. The molecular weight excluding hydrogens is 715 g/mol. The van der Waals surface area contributed by atoms with E-state index in [1.54, 1.807) is 57.9 Å². The number of aromatic nitrogens is 8. The Morgan fingerprint density at radius 2 is 1.05 bits per heavy atom. The molecule has 6 rings (SSSR count). The second-order valence-electron chi connectivity index (χ2n) is 8.84. The quantitative estimate of drug-likeness (QED) is 0.259. The minimum absolute atomic E-state index is 0. The third-order valence-corrected chi connectivity index (χ3v) is 5.23. The molecular formula is C29H30N10O2Pt. The van der Waals surface area contributed by atoms with Gasteiger partial charge in [0.15, 0.2) is 22.9 Å². The van der Waals surface area contributed by atoms with E-state index >= 15 is 0 Å². The molecule has 6 heterocycles. The van der Waals surface area contributed by atoms with E-state index in [0.717, 1.165) is 11.4 Å². The van der Waals surface area contributed by atoms with Crippen LogP contribution in [0.2, 0.25) is 0 Å². The fraction of sp³-hybridized carbons (Fsp3) is 0.172. The van der Waals surface area contributed by atoms with Crippen molar-refractivity contribution in [2.75, 3.05) is 10.6 Å². The number of nitrogens with zero attached hydrogens (tertiary/aromatic N) is 8. The van der Waals surface area contributed by atoms with Crippen LogP contribution in [0.5, 0.6) is 0 Å². The van der Waals surface area contributed by atoms with Crippen LogP contribution >= 0.6 is 0 Å². The van der Waals surface area contributed by atoms with E-state index in [-0.39, 0.29) is 32.9 Å². The van der Waals surface area contributed by atoms with Crippen LogP contribution in [0, 0.1) is 0 Å². The van der Waals surface area contributed by atoms with Crippen molar-refractivity contribution >= 4 is 34.5 Å². The van der Waals surface area contributed by atoms with Crippen LogP contribution in [0.4, 0.5) is 11.4 Å². The van der Waals surface area contributed by atoms with E-state index in [1.165, 1.54) is 20.3 Å². The summed E-state index contributed by atoms with van der Waals surface area (Å²) in [5.74, 6) is 1.05. The molecule has 0 atom stereocenters. The maximum absolute atomic E-state index is 11.1. The molecule has 2 N–H and O–H groups in total. The molecule has 2 amide bonds. The molecule has 0 spiro atoms. The monoisotopic (exact) mass is 745 g/mol. The summed E-state index contributed by atoms with van der Waals surface area (Å²) in [5.41, 5.74) is 4.25. The van der Waals surface area contributed by atoms with Crippen molar-refractivity contribution in [3.63, 3.8) is 0 Å². The second-order valence-corrected chi connectivity index (χ2v) is 8.84. The summed E-state index contributed by atoms with van der Waals surface area (Å²) in [6.45, 7) is 7.19. The maximum atomic E-state index is 11.1. The molecule has 0 aliphatic rings. The number of carbonyl (C=O) groups is 2. The van der Waals surface area contributed by atoms with Crippen molar-refractivity contribution in [1.29, 1.82) is 0 Å². The van der Waals surface area contributed by atoms with E-state index in [0.29, 0.717) is 34.3 Å². The maximum Gasteiger partial charge on any atom is 0.221 e. The number of fused-ring (bicyclic) bond motifs is 2.